The van der Waals surface area contributed by atoms with Gasteiger partial charge in [0, 0.05) is 31.6 Å². The lowest BCUT2D eigenvalue weighted by Crippen LogP contribution is -2.21. The van der Waals surface area contributed by atoms with Gasteiger partial charge in [0.1, 0.15) is 0 Å². The fourth-order valence-electron chi connectivity index (χ4n) is 9.05. The van der Waals surface area contributed by atoms with Crippen LogP contribution in [0.4, 0.5) is 0 Å². The standard InChI is InChI=1S/C62H100N2/c1-4-7-10-12-14-16-18-20-22-24-26-28-30-32-34-36-38-40-43-56-48-50-58(51-49-56)45-42-46-60(62(64)61(63)47-9-6-3)59-54-52-57(53-55-59)44-41-39-37-35-33-31-29-27-25-23-21-19-17-15-13-11-8-5-2/h48-55,60,63-64H,4-33,38-47H2,1-3H3. The van der Waals surface area contributed by atoms with Crippen LogP contribution in [0.3, 0.4) is 0 Å². The van der Waals surface area contributed by atoms with E-state index in [-0.39, 0.29) is 5.92 Å². The van der Waals surface area contributed by atoms with Crippen LogP contribution in [-0.2, 0) is 19.3 Å². The van der Waals surface area contributed by atoms with Gasteiger partial charge in [0.25, 0.3) is 0 Å². The van der Waals surface area contributed by atoms with E-state index in [0.717, 1.165) is 83.5 Å². The maximum atomic E-state index is 9.07. The number of benzene rings is 2. The molecule has 0 aliphatic heterocycles. The molecule has 0 spiro atoms. The van der Waals surface area contributed by atoms with Gasteiger partial charge in [-0.05, 0) is 92.9 Å². The smallest absolute Gasteiger partial charge is 0.0596 e. The molecule has 2 aromatic rings. The zero-order chi connectivity index (χ0) is 45.8. The van der Waals surface area contributed by atoms with Crippen LogP contribution in [0, 0.1) is 34.5 Å². The van der Waals surface area contributed by atoms with Gasteiger partial charge in [0.15, 0.2) is 0 Å². The lowest BCUT2D eigenvalue weighted by atomic mass is 9.85. The van der Waals surface area contributed by atoms with Gasteiger partial charge in [0.05, 0.1) is 11.4 Å². The highest BCUT2D eigenvalue weighted by atomic mass is 14.5. The highest BCUT2D eigenvalue weighted by molar-refractivity contribution is 6.41. The summed E-state index contributed by atoms with van der Waals surface area (Å²) in [6.45, 7) is 6.76. The quantitative estimate of drug-likeness (QED) is 0.0379. The molecular weight excluding hydrogens is 773 g/mol. The number of nitrogens with one attached hydrogen (secondary N) is 2. The van der Waals surface area contributed by atoms with Crippen LogP contribution in [0.15, 0.2) is 48.5 Å². The molecular formula is C62H100N2. The van der Waals surface area contributed by atoms with E-state index < -0.39 is 0 Å². The van der Waals surface area contributed by atoms with Crippen LogP contribution in [-0.4, -0.2) is 11.4 Å². The molecule has 0 aliphatic rings. The molecule has 0 aromatic heterocycles. The second-order valence-electron chi connectivity index (χ2n) is 19.4. The first-order chi connectivity index (χ1) is 31.6. The lowest BCUT2D eigenvalue weighted by molar-refractivity contribution is 0.540. The number of aryl methyl sites for hydroxylation is 3. The van der Waals surface area contributed by atoms with Crippen LogP contribution >= 0.6 is 0 Å². The fraction of sp³-hybridized carbons (Fsp3) is 0.710. The molecule has 2 aromatic carbocycles. The molecule has 1 unspecified atom stereocenters. The van der Waals surface area contributed by atoms with E-state index in [1.807, 2.05) is 0 Å². The van der Waals surface area contributed by atoms with Crippen molar-refractivity contribution in [1.82, 2.24) is 0 Å². The van der Waals surface area contributed by atoms with Gasteiger partial charge < -0.3 is 10.8 Å². The van der Waals surface area contributed by atoms with Gasteiger partial charge in [-0.3, -0.25) is 0 Å². The van der Waals surface area contributed by atoms with E-state index in [0.29, 0.717) is 17.8 Å². The first-order valence-corrected chi connectivity index (χ1v) is 27.8. The van der Waals surface area contributed by atoms with Crippen LogP contribution in [0.25, 0.3) is 0 Å². The molecule has 2 rings (SSSR count). The Morgan fingerprint density at radius 1 is 0.359 bits per heavy atom. The van der Waals surface area contributed by atoms with Crippen molar-refractivity contribution in [3.05, 3.63) is 70.8 Å². The van der Waals surface area contributed by atoms with Crippen molar-refractivity contribution < 1.29 is 0 Å². The fourth-order valence-corrected chi connectivity index (χ4v) is 9.05. The van der Waals surface area contributed by atoms with E-state index in [1.165, 1.54) is 189 Å². The van der Waals surface area contributed by atoms with Crippen molar-refractivity contribution in [2.75, 3.05) is 0 Å². The first-order valence-electron chi connectivity index (χ1n) is 27.8. The van der Waals surface area contributed by atoms with Crippen molar-refractivity contribution in [2.24, 2.45) is 0 Å². The molecule has 0 bridgehead atoms. The average Bonchev–Trinajstić information content (AvgIpc) is 3.31. The van der Waals surface area contributed by atoms with Crippen molar-refractivity contribution in [3.8, 4) is 23.7 Å². The van der Waals surface area contributed by atoms with Crippen LogP contribution in [0.1, 0.15) is 287 Å². The maximum Gasteiger partial charge on any atom is 0.0596 e. The molecule has 64 heavy (non-hydrogen) atoms. The number of hydrogen-bond acceptors (Lipinski definition) is 2. The van der Waals surface area contributed by atoms with Crippen molar-refractivity contribution in [3.63, 3.8) is 0 Å². The molecule has 2 heteroatoms. The Bertz CT molecular complexity index is 1510. The molecule has 358 valence electrons. The van der Waals surface area contributed by atoms with Gasteiger partial charge in [-0.25, -0.2) is 0 Å². The molecule has 0 amide bonds. The minimum atomic E-state index is -0.0145. The Kier molecular flexibility index (Phi) is 37.9. The van der Waals surface area contributed by atoms with Gasteiger partial charge in [-0.1, -0.05) is 230 Å². The molecule has 0 radical (unpaired) electrons. The van der Waals surface area contributed by atoms with Gasteiger partial charge in [-0.2, -0.15) is 0 Å². The molecule has 1 atom stereocenters. The topological polar surface area (TPSA) is 47.7 Å². The summed E-state index contributed by atoms with van der Waals surface area (Å²) < 4.78 is 0. The van der Waals surface area contributed by atoms with E-state index in [1.54, 1.807) is 0 Å². The molecule has 0 saturated heterocycles. The van der Waals surface area contributed by atoms with E-state index >= 15 is 0 Å². The van der Waals surface area contributed by atoms with E-state index in [9.17, 15) is 0 Å². The summed E-state index contributed by atoms with van der Waals surface area (Å²) in [6, 6.07) is 18.2. The molecule has 2 nitrogen and oxygen atoms in total. The number of unbranched alkanes of at least 4 members (excludes halogenated alkanes) is 29. The highest BCUT2D eigenvalue weighted by Gasteiger charge is 2.20. The summed E-state index contributed by atoms with van der Waals surface area (Å²) in [5.74, 6) is 13.7. The molecule has 0 saturated carbocycles. The zero-order valence-corrected chi connectivity index (χ0v) is 42.5. The molecule has 0 heterocycles. The normalized spacial score (nSPS) is 11.5. The lowest BCUT2D eigenvalue weighted by Gasteiger charge is -2.20. The zero-order valence-electron chi connectivity index (χ0n) is 42.5. The van der Waals surface area contributed by atoms with Gasteiger partial charge >= 0.3 is 0 Å². The summed E-state index contributed by atoms with van der Waals surface area (Å²) in [5, 5.41) is 17.8. The highest BCUT2D eigenvalue weighted by Crippen LogP contribution is 2.26. The number of hydrogen-bond donors (Lipinski definition) is 2. The minimum absolute atomic E-state index is 0.0145. The van der Waals surface area contributed by atoms with E-state index in [4.69, 9.17) is 10.8 Å². The summed E-state index contributed by atoms with van der Waals surface area (Å²) in [4.78, 5) is 0. The monoisotopic (exact) mass is 873 g/mol. The second-order valence-corrected chi connectivity index (χ2v) is 19.4. The third-order valence-electron chi connectivity index (χ3n) is 13.4. The summed E-state index contributed by atoms with van der Waals surface area (Å²) in [5.41, 5.74) is 6.35. The van der Waals surface area contributed by atoms with Crippen molar-refractivity contribution in [1.29, 1.82) is 10.8 Å². The summed E-state index contributed by atoms with van der Waals surface area (Å²) in [7, 11) is 0. The van der Waals surface area contributed by atoms with Crippen LogP contribution in [0.5, 0.6) is 0 Å². The predicted octanol–water partition coefficient (Wildman–Crippen LogP) is 19.6. The third kappa shape index (κ3) is 31.7. The summed E-state index contributed by atoms with van der Waals surface area (Å²) >= 11 is 0. The third-order valence-corrected chi connectivity index (χ3v) is 13.4. The first kappa shape index (κ1) is 57.0. The largest absolute Gasteiger partial charge is 0.303 e. The predicted molar refractivity (Wildman–Crippen MR) is 286 cm³/mol. The molecule has 0 fully saturated rings. The minimum Gasteiger partial charge on any atom is -0.303 e. The Morgan fingerprint density at radius 2 is 0.656 bits per heavy atom. The Hall–Kier alpha value is -3.10. The number of rotatable bonds is 42. The molecule has 0 aliphatic carbocycles. The van der Waals surface area contributed by atoms with Crippen molar-refractivity contribution in [2.45, 2.75) is 284 Å². The van der Waals surface area contributed by atoms with Gasteiger partial charge in [0.2, 0.25) is 0 Å². The molecule has 2 N–H and O–H groups in total. The van der Waals surface area contributed by atoms with Crippen LogP contribution in [0.2, 0.25) is 0 Å². The maximum absolute atomic E-state index is 9.07. The average molecular weight is 873 g/mol. The van der Waals surface area contributed by atoms with E-state index in [2.05, 4.69) is 93.0 Å². The van der Waals surface area contributed by atoms with Crippen molar-refractivity contribution >= 4 is 11.4 Å². The Labute approximate surface area is 398 Å². The summed E-state index contributed by atoms with van der Waals surface area (Å²) in [6.07, 6.45) is 50.5. The Balaban J connectivity index is 1.62. The van der Waals surface area contributed by atoms with Gasteiger partial charge in [-0.15, -0.1) is 23.7 Å². The Morgan fingerprint density at radius 3 is 1.02 bits per heavy atom. The SMILES string of the molecule is CCCCCCCCCCCCCCCC#CCCCc1ccc(CCCC(C(=N)C(=N)CCCC)c2ccc(CCCC#CCCCCCCCCCCCCCCC)cc2)cc1. The van der Waals surface area contributed by atoms with Crippen LogP contribution < -0.4 is 0 Å². The second kappa shape index (κ2) is 42.5.